The SMILES string of the molecule is CNCC(=O)Nc1cc(COc2cc(N=CC3Cc4ccccc4N3C=O)c(C)cc2OC)cc(COc2cc3c(cc2OC)C(=O)N2c4ccccc4C[C@H]2C=N3)c1. The van der Waals surface area contributed by atoms with Gasteiger partial charge in [0, 0.05) is 54.5 Å². The van der Waals surface area contributed by atoms with Crippen molar-refractivity contribution in [3.8, 4) is 23.0 Å². The fourth-order valence-corrected chi connectivity index (χ4v) is 7.80. The standard InChI is InChI=1S/C46H44N6O7/c1-28-13-41(56-3)43(20-37(28)48-22-34-17-31-9-5-7-11-39(31)51(34)27-53)58-25-29-14-30(16-33(15-29)50-45(54)24-47-2)26-59-44-21-38-36(19-42(44)57-4)46(55)52-35(23-49-38)18-32-10-6-8-12-40(32)52/h5-16,19-23,27,34-35,47H,17-18,24-26H2,1-4H3,(H,50,54)/t34?,35-/m0/s1. The van der Waals surface area contributed by atoms with Crippen molar-refractivity contribution in [2.24, 2.45) is 9.98 Å². The Hall–Kier alpha value is -6.99. The van der Waals surface area contributed by atoms with Crippen molar-refractivity contribution in [2.45, 2.75) is 45.1 Å². The number of hydrogen-bond donors (Lipinski definition) is 2. The first-order chi connectivity index (χ1) is 28.8. The monoisotopic (exact) mass is 792 g/mol. The molecule has 59 heavy (non-hydrogen) atoms. The molecule has 0 saturated carbocycles. The van der Waals surface area contributed by atoms with Crippen LogP contribution in [0, 0.1) is 6.92 Å². The predicted octanol–water partition coefficient (Wildman–Crippen LogP) is 6.91. The third-order valence-corrected chi connectivity index (χ3v) is 10.6. The largest absolute Gasteiger partial charge is 0.493 e. The average molecular weight is 793 g/mol. The highest BCUT2D eigenvalue weighted by Crippen LogP contribution is 2.41. The van der Waals surface area contributed by atoms with Gasteiger partial charge in [0.15, 0.2) is 23.0 Å². The quantitative estimate of drug-likeness (QED) is 0.0914. The molecular formula is C46H44N6O7. The molecule has 5 aromatic carbocycles. The highest BCUT2D eigenvalue weighted by Gasteiger charge is 2.36. The number of carbonyl (C=O) groups is 3. The number of benzene rings is 5. The third-order valence-electron chi connectivity index (χ3n) is 10.6. The number of para-hydroxylation sites is 2. The molecule has 3 amide bonds. The molecule has 0 radical (unpaired) electrons. The molecule has 8 rings (SSSR count). The number of likely N-dealkylation sites (N-methyl/N-ethyl adjacent to an activating group) is 1. The van der Waals surface area contributed by atoms with Gasteiger partial charge in [-0.2, -0.15) is 0 Å². The van der Waals surface area contributed by atoms with Crippen molar-refractivity contribution in [3.63, 3.8) is 0 Å². The van der Waals surface area contributed by atoms with E-state index in [1.54, 1.807) is 42.3 Å². The van der Waals surface area contributed by atoms with Crippen LogP contribution in [0.3, 0.4) is 0 Å². The van der Waals surface area contributed by atoms with Gasteiger partial charge in [-0.05, 0) is 84.3 Å². The molecule has 0 fully saturated rings. The second-order valence-electron chi connectivity index (χ2n) is 14.5. The first-order valence-corrected chi connectivity index (χ1v) is 19.3. The highest BCUT2D eigenvalue weighted by molar-refractivity contribution is 6.14. The van der Waals surface area contributed by atoms with E-state index in [9.17, 15) is 14.4 Å². The number of ether oxygens (including phenoxy) is 4. The van der Waals surface area contributed by atoms with Crippen LogP contribution in [0.1, 0.15) is 38.2 Å². The number of nitrogens with zero attached hydrogens (tertiary/aromatic N) is 4. The van der Waals surface area contributed by atoms with Gasteiger partial charge in [0.25, 0.3) is 5.91 Å². The lowest BCUT2D eigenvalue weighted by molar-refractivity contribution is -0.115. The maximum absolute atomic E-state index is 13.9. The summed E-state index contributed by atoms with van der Waals surface area (Å²) in [7, 11) is 4.82. The maximum atomic E-state index is 13.9. The summed E-state index contributed by atoms with van der Waals surface area (Å²) in [5, 5.41) is 5.82. The van der Waals surface area contributed by atoms with Crippen LogP contribution in [0.2, 0.25) is 0 Å². The van der Waals surface area contributed by atoms with Gasteiger partial charge in [-0.1, -0.05) is 36.4 Å². The van der Waals surface area contributed by atoms with Crippen LogP contribution >= 0.6 is 0 Å². The summed E-state index contributed by atoms with van der Waals surface area (Å²) in [4.78, 5) is 51.6. The van der Waals surface area contributed by atoms with E-state index in [1.807, 2.05) is 92.0 Å². The molecule has 2 atom stereocenters. The Labute approximate surface area is 342 Å². The normalized spacial score (nSPS) is 16.2. The number of amides is 3. The first-order valence-electron chi connectivity index (χ1n) is 19.3. The van der Waals surface area contributed by atoms with E-state index in [0.29, 0.717) is 58.5 Å². The molecule has 5 aromatic rings. The second kappa shape index (κ2) is 16.9. The summed E-state index contributed by atoms with van der Waals surface area (Å²) < 4.78 is 24.1. The van der Waals surface area contributed by atoms with E-state index in [1.165, 1.54) is 7.11 Å². The smallest absolute Gasteiger partial charge is 0.261 e. The Balaban J connectivity index is 1.02. The molecule has 13 nitrogen and oxygen atoms in total. The number of methoxy groups -OCH3 is 2. The number of anilines is 3. The van der Waals surface area contributed by atoms with Crippen LogP contribution in [-0.2, 0) is 35.6 Å². The van der Waals surface area contributed by atoms with Crippen LogP contribution < -0.4 is 39.4 Å². The molecule has 3 aliphatic rings. The summed E-state index contributed by atoms with van der Waals surface area (Å²) in [6.07, 6.45) is 5.82. The van der Waals surface area contributed by atoms with Crippen molar-refractivity contribution in [1.29, 1.82) is 0 Å². The lowest BCUT2D eigenvalue weighted by Gasteiger charge is -2.22. The van der Waals surface area contributed by atoms with Gasteiger partial charge in [-0.3, -0.25) is 29.3 Å². The van der Waals surface area contributed by atoms with Gasteiger partial charge < -0.3 is 34.5 Å². The van der Waals surface area contributed by atoms with Crippen molar-refractivity contribution in [1.82, 2.24) is 5.32 Å². The zero-order valence-electron chi connectivity index (χ0n) is 33.2. The molecule has 0 aliphatic carbocycles. The van der Waals surface area contributed by atoms with Crippen molar-refractivity contribution >= 4 is 59.1 Å². The Morgan fingerprint density at radius 2 is 1.51 bits per heavy atom. The minimum atomic E-state index is -0.214. The molecule has 300 valence electrons. The average Bonchev–Trinajstić information content (AvgIpc) is 3.77. The predicted molar refractivity (Wildman–Crippen MR) is 228 cm³/mol. The van der Waals surface area contributed by atoms with Gasteiger partial charge in [0.1, 0.15) is 13.2 Å². The Morgan fingerprint density at radius 3 is 2.20 bits per heavy atom. The zero-order chi connectivity index (χ0) is 41.0. The minimum absolute atomic E-state index is 0.104. The van der Waals surface area contributed by atoms with Crippen LogP contribution in [0.5, 0.6) is 23.0 Å². The van der Waals surface area contributed by atoms with E-state index in [0.717, 1.165) is 45.6 Å². The summed E-state index contributed by atoms with van der Waals surface area (Å²) in [5.74, 6) is 1.45. The summed E-state index contributed by atoms with van der Waals surface area (Å²) in [6, 6.07) is 28.1. The molecule has 3 heterocycles. The molecule has 13 heteroatoms. The molecule has 3 aliphatic heterocycles. The highest BCUT2D eigenvalue weighted by atomic mass is 16.5. The van der Waals surface area contributed by atoms with E-state index in [-0.39, 0.29) is 43.7 Å². The molecule has 0 aromatic heterocycles. The van der Waals surface area contributed by atoms with E-state index in [4.69, 9.17) is 28.9 Å². The van der Waals surface area contributed by atoms with Crippen LogP contribution in [0.25, 0.3) is 0 Å². The van der Waals surface area contributed by atoms with Gasteiger partial charge in [-0.25, -0.2) is 0 Å². The van der Waals surface area contributed by atoms with Crippen LogP contribution in [0.4, 0.5) is 28.4 Å². The fourth-order valence-electron chi connectivity index (χ4n) is 7.80. The zero-order valence-corrected chi connectivity index (χ0v) is 33.2. The topological polar surface area (TPSA) is 143 Å². The van der Waals surface area contributed by atoms with Crippen molar-refractivity contribution in [3.05, 3.63) is 124 Å². The summed E-state index contributed by atoms with van der Waals surface area (Å²) >= 11 is 0. The Bertz CT molecular complexity index is 2500. The first kappa shape index (κ1) is 38.9. The second-order valence-corrected chi connectivity index (χ2v) is 14.5. The van der Waals surface area contributed by atoms with Crippen LogP contribution in [0.15, 0.2) is 101 Å². The maximum Gasteiger partial charge on any atom is 0.261 e. The molecular weight excluding hydrogens is 749 g/mol. The Morgan fingerprint density at radius 1 is 0.847 bits per heavy atom. The molecule has 1 unspecified atom stereocenters. The molecule has 2 N–H and O–H groups in total. The lowest BCUT2D eigenvalue weighted by atomic mass is 10.1. The minimum Gasteiger partial charge on any atom is -0.493 e. The molecule has 0 bridgehead atoms. The number of aryl methyl sites for hydroxylation is 1. The van der Waals surface area contributed by atoms with Crippen molar-refractivity contribution < 1.29 is 33.3 Å². The Kier molecular flexibility index (Phi) is 11.1. The van der Waals surface area contributed by atoms with Gasteiger partial charge in [0.05, 0.1) is 49.8 Å². The van der Waals surface area contributed by atoms with E-state index >= 15 is 0 Å². The number of aliphatic imine (C=N–C) groups is 2. The summed E-state index contributed by atoms with van der Waals surface area (Å²) in [5.41, 5.74) is 8.51. The third kappa shape index (κ3) is 7.97. The fraction of sp³-hybridized carbons (Fsp3) is 0.239. The summed E-state index contributed by atoms with van der Waals surface area (Å²) in [6.45, 7) is 2.30. The van der Waals surface area contributed by atoms with E-state index in [2.05, 4.69) is 10.6 Å². The molecule has 0 saturated heterocycles. The van der Waals surface area contributed by atoms with Crippen LogP contribution in [-0.4, -0.2) is 70.5 Å². The number of carbonyl (C=O) groups excluding carboxylic acids is 3. The van der Waals surface area contributed by atoms with E-state index < -0.39 is 0 Å². The number of hydrogen-bond acceptors (Lipinski definition) is 10. The van der Waals surface area contributed by atoms with Gasteiger partial charge in [-0.15, -0.1) is 0 Å². The van der Waals surface area contributed by atoms with Gasteiger partial charge in [0.2, 0.25) is 12.3 Å². The van der Waals surface area contributed by atoms with Gasteiger partial charge >= 0.3 is 0 Å². The molecule has 0 spiro atoms. The lowest BCUT2D eigenvalue weighted by Crippen LogP contribution is -2.37. The van der Waals surface area contributed by atoms with Crippen molar-refractivity contribution in [2.75, 3.05) is 42.9 Å². The number of nitrogens with one attached hydrogen (secondary N) is 2. The number of fused-ring (bicyclic) bond motifs is 5. The number of rotatable bonds is 14.